The summed E-state index contributed by atoms with van der Waals surface area (Å²) in [7, 11) is -3.29. The Labute approximate surface area is 110 Å². The van der Waals surface area contributed by atoms with Crippen molar-refractivity contribution in [2.45, 2.75) is 18.0 Å². The highest BCUT2D eigenvalue weighted by atomic mass is 32.2. The quantitative estimate of drug-likeness (QED) is 0.905. The highest BCUT2D eigenvalue weighted by Crippen LogP contribution is 2.13. The number of benzene rings is 1. The van der Waals surface area contributed by atoms with E-state index in [1.165, 1.54) is 23.1 Å². The van der Waals surface area contributed by atoms with Gasteiger partial charge >= 0.3 is 0 Å². The molecule has 0 aliphatic heterocycles. The first-order valence-electron chi connectivity index (χ1n) is 5.60. The summed E-state index contributed by atoms with van der Waals surface area (Å²) in [4.78, 5) is 0.114. The Kier molecular flexibility index (Phi) is 3.68. The number of sulfone groups is 1. The monoisotopic (exact) mass is 283 g/mol. The first kappa shape index (κ1) is 13.7. The van der Waals surface area contributed by atoms with Crippen LogP contribution in [0.15, 0.2) is 35.5 Å². The normalized spacial score (nSPS) is 11.7. The molecule has 2 aromatic rings. The van der Waals surface area contributed by atoms with Gasteiger partial charge in [-0.3, -0.25) is 4.68 Å². The highest BCUT2D eigenvalue weighted by Gasteiger charge is 2.11. The Balaban J connectivity index is 2.29. The first-order valence-corrected chi connectivity index (χ1v) is 7.49. The van der Waals surface area contributed by atoms with E-state index in [4.69, 9.17) is 5.73 Å². The van der Waals surface area contributed by atoms with Gasteiger partial charge in [-0.2, -0.15) is 5.10 Å². The molecule has 0 amide bonds. The number of nitrogens with two attached hydrogens (primary N) is 1. The molecular formula is C12H14FN3O2S. The van der Waals surface area contributed by atoms with Crippen LogP contribution in [0.4, 0.5) is 4.39 Å². The van der Waals surface area contributed by atoms with Crippen LogP contribution in [0.1, 0.15) is 11.1 Å². The standard InChI is InChI=1S/C12H14FN3O2S/c1-19(17,18)11-6-15-16(8-11)7-10-4-9(5-14)2-3-12(10)13/h2-4,6,8H,5,7,14H2,1H3. The third-order valence-corrected chi connectivity index (χ3v) is 3.78. The minimum absolute atomic E-state index is 0.114. The summed E-state index contributed by atoms with van der Waals surface area (Å²) in [5.74, 6) is -0.367. The van der Waals surface area contributed by atoms with Gasteiger partial charge in [-0.05, 0) is 17.7 Å². The molecule has 0 radical (unpaired) electrons. The van der Waals surface area contributed by atoms with Gasteiger partial charge in [0.25, 0.3) is 0 Å². The van der Waals surface area contributed by atoms with Gasteiger partial charge in [0, 0.05) is 24.6 Å². The van der Waals surface area contributed by atoms with Gasteiger partial charge in [-0.1, -0.05) is 6.07 Å². The van der Waals surface area contributed by atoms with E-state index in [-0.39, 0.29) is 17.3 Å². The summed E-state index contributed by atoms with van der Waals surface area (Å²) in [6.45, 7) is 0.482. The van der Waals surface area contributed by atoms with E-state index < -0.39 is 9.84 Å². The summed E-state index contributed by atoms with van der Waals surface area (Å²) in [6, 6.07) is 4.61. The highest BCUT2D eigenvalue weighted by molar-refractivity contribution is 7.90. The van der Waals surface area contributed by atoms with Crippen LogP contribution < -0.4 is 5.73 Å². The average Bonchev–Trinajstić information content (AvgIpc) is 2.80. The maximum atomic E-state index is 13.6. The van der Waals surface area contributed by atoms with E-state index in [9.17, 15) is 12.8 Å². The molecule has 0 saturated carbocycles. The molecule has 0 bridgehead atoms. The molecular weight excluding hydrogens is 269 g/mol. The Morgan fingerprint density at radius 3 is 2.74 bits per heavy atom. The number of hydrogen-bond donors (Lipinski definition) is 1. The van der Waals surface area contributed by atoms with Crippen molar-refractivity contribution >= 4 is 9.84 Å². The molecule has 0 spiro atoms. The van der Waals surface area contributed by atoms with Crippen molar-refractivity contribution in [3.63, 3.8) is 0 Å². The SMILES string of the molecule is CS(=O)(=O)c1cnn(Cc2cc(CN)ccc2F)c1. The number of halogens is 1. The molecule has 2 rings (SSSR count). The van der Waals surface area contributed by atoms with Crippen LogP contribution in [-0.4, -0.2) is 24.5 Å². The second-order valence-electron chi connectivity index (χ2n) is 4.28. The Morgan fingerprint density at radius 2 is 2.16 bits per heavy atom. The Hall–Kier alpha value is -1.73. The van der Waals surface area contributed by atoms with Gasteiger partial charge in [0.1, 0.15) is 10.7 Å². The third-order valence-electron chi connectivity index (χ3n) is 2.72. The second kappa shape index (κ2) is 5.10. The summed E-state index contributed by atoms with van der Waals surface area (Å²) in [5.41, 5.74) is 6.73. The lowest BCUT2D eigenvalue weighted by atomic mass is 10.1. The second-order valence-corrected chi connectivity index (χ2v) is 6.29. The van der Waals surface area contributed by atoms with Crippen molar-refractivity contribution in [2.24, 2.45) is 5.73 Å². The zero-order valence-electron chi connectivity index (χ0n) is 10.4. The molecule has 102 valence electrons. The van der Waals surface area contributed by atoms with Gasteiger partial charge in [-0.25, -0.2) is 12.8 Å². The molecule has 0 fully saturated rings. The minimum atomic E-state index is -3.29. The fourth-order valence-electron chi connectivity index (χ4n) is 1.67. The maximum absolute atomic E-state index is 13.6. The molecule has 7 heteroatoms. The average molecular weight is 283 g/mol. The van der Waals surface area contributed by atoms with Crippen LogP contribution in [-0.2, 0) is 22.9 Å². The molecule has 2 N–H and O–H groups in total. The number of nitrogens with zero attached hydrogens (tertiary/aromatic N) is 2. The van der Waals surface area contributed by atoms with Gasteiger partial charge < -0.3 is 5.73 Å². The topological polar surface area (TPSA) is 78.0 Å². The molecule has 0 saturated heterocycles. The van der Waals surface area contributed by atoms with Crippen molar-refractivity contribution in [3.8, 4) is 0 Å². The van der Waals surface area contributed by atoms with Crippen molar-refractivity contribution in [3.05, 3.63) is 47.5 Å². The number of hydrogen-bond acceptors (Lipinski definition) is 4. The fraction of sp³-hybridized carbons (Fsp3) is 0.250. The van der Waals surface area contributed by atoms with Gasteiger partial charge in [0.05, 0.1) is 12.7 Å². The molecule has 0 aliphatic rings. The van der Waals surface area contributed by atoms with Crippen molar-refractivity contribution in [2.75, 3.05) is 6.26 Å². The van der Waals surface area contributed by atoms with Crippen molar-refractivity contribution in [1.29, 1.82) is 0 Å². The summed E-state index contributed by atoms with van der Waals surface area (Å²) >= 11 is 0. The first-order chi connectivity index (χ1) is 8.90. The van der Waals surface area contributed by atoms with Crippen LogP contribution in [0.2, 0.25) is 0 Å². The van der Waals surface area contributed by atoms with E-state index >= 15 is 0 Å². The molecule has 0 unspecified atom stereocenters. The lowest BCUT2D eigenvalue weighted by Gasteiger charge is -2.05. The molecule has 19 heavy (non-hydrogen) atoms. The zero-order chi connectivity index (χ0) is 14.0. The summed E-state index contributed by atoms with van der Waals surface area (Å²) in [6.07, 6.45) is 3.73. The molecule has 1 aromatic heterocycles. The maximum Gasteiger partial charge on any atom is 0.178 e. The lowest BCUT2D eigenvalue weighted by molar-refractivity contribution is 0.583. The largest absolute Gasteiger partial charge is 0.326 e. The van der Waals surface area contributed by atoms with E-state index in [1.807, 2.05) is 0 Å². The number of rotatable bonds is 4. The zero-order valence-corrected chi connectivity index (χ0v) is 11.2. The van der Waals surface area contributed by atoms with Crippen molar-refractivity contribution in [1.82, 2.24) is 9.78 Å². The van der Waals surface area contributed by atoms with Crippen LogP contribution >= 0.6 is 0 Å². The molecule has 1 aromatic carbocycles. The molecule has 0 atom stereocenters. The van der Waals surface area contributed by atoms with Gasteiger partial charge in [0.2, 0.25) is 0 Å². The lowest BCUT2D eigenvalue weighted by Crippen LogP contribution is -2.05. The Bertz CT molecular complexity index is 695. The van der Waals surface area contributed by atoms with Crippen LogP contribution in [0, 0.1) is 5.82 Å². The van der Waals surface area contributed by atoms with Gasteiger partial charge in [-0.15, -0.1) is 0 Å². The summed E-state index contributed by atoms with van der Waals surface area (Å²) < 4.78 is 37.7. The van der Waals surface area contributed by atoms with E-state index in [0.717, 1.165) is 11.8 Å². The van der Waals surface area contributed by atoms with Crippen molar-refractivity contribution < 1.29 is 12.8 Å². The predicted molar refractivity (Wildman–Crippen MR) is 68.7 cm³/mol. The minimum Gasteiger partial charge on any atom is -0.326 e. The smallest absolute Gasteiger partial charge is 0.178 e. The van der Waals surface area contributed by atoms with E-state index in [1.54, 1.807) is 12.1 Å². The van der Waals surface area contributed by atoms with Crippen LogP contribution in [0.3, 0.4) is 0 Å². The van der Waals surface area contributed by atoms with E-state index in [0.29, 0.717) is 12.1 Å². The predicted octanol–water partition coefficient (Wildman–Crippen LogP) is 0.933. The fourth-order valence-corrected chi connectivity index (χ4v) is 2.23. The van der Waals surface area contributed by atoms with Gasteiger partial charge in [0.15, 0.2) is 9.84 Å². The van der Waals surface area contributed by atoms with Crippen LogP contribution in [0.25, 0.3) is 0 Å². The summed E-state index contributed by atoms with van der Waals surface area (Å²) in [5, 5.41) is 3.91. The van der Waals surface area contributed by atoms with E-state index in [2.05, 4.69) is 5.10 Å². The molecule has 0 aliphatic carbocycles. The molecule has 1 heterocycles. The third kappa shape index (κ3) is 3.18. The van der Waals surface area contributed by atoms with Crippen LogP contribution in [0.5, 0.6) is 0 Å². The molecule has 5 nitrogen and oxygen atoms in total. The number of aromatic nitrogens is 2. The Morgan fingerprint density at radius 1 is 1.42 bits per heavy atom.